The molecular formula is C25H29N5O2. The van der Waals surface area contributed by atoms with Gasteiger partial charge in [0.05, 0.1) is 18.7 Å². The summed E-state index contributed by atoms with van der Waals surface area (Å²) in [6.07, 6.45) is 4.50. The normalized spacial score (nSPS) is 16.5. The Morgan fingerprint density at radius 3 is 2.56 bits per heavy atom. The monoisotopic (exact) mass is 431 g/mol. The van der Waals surface area contributed by atoms with E-state index in [4.69, 9.17) is 0 Å². The van der Waals surface area contributed by atoms with Crippen LogP contribution in [-0.2, 0) is 22.6 Å². The van der Waals surface area contributed by atoms with Crippen LogP contribution in [0.3, 0.4) is 0 Å². The molecule has 4 rings (SSSR count). The number of carbonyl (C=O) groups is 2. The first kappa shape index (κ1) is 21.8. The molecule has 1 aliphatic heterocycles. The van der Waals surface area contributed by atoms with Gasteiger partial charge in [-0.1, -0.05) is 54.6 Å². The highest BCUT2D eigenvalue weighted by Crippen LogP contribution is 2.21. The molecule has 1 unspecified atom stereocenters. The molecule has 0 spiro atoms. The molecular weight excluding hydrogens is 402 g/mol. The van der Waals surface area contributed by atoms with Crippen molar-refractivity contribution in [3.05, 3.63) is 78.1 Å². The van der Waals surface area contributed by atoms with Crippen LogP contribution in [0.2, 0.25) is 0 Å². The third-order valence-electron chi connectivity index (χ3n) is 5.97. The van der Waals surface area contributed by atoms with Crippen molar-refractivity contribution < 1.29 is 9.59 Å². The van der Waals surface area contributed by atoms with Crippen LogP contribution in [-0.4, -0.2) is 64.5 Å². The van der Waals surface area contributed by atoms with E-state index in [-0.39, 0.29) is 18.2 Å². The molecule has 2 aromatic carbocycles. The molecule has 0 radical (unpaired) electrons. The summed E-state index contributed by atoms with van der Waals surface area (Å²) in [4.78, 5) is 29.2. The van der Waals surface area contributed by atoms with Gasteiger partial charge in [0, 0.05) is 39.4 Å². The Kier molecular flexibility index (Phi) is 6.97. The second kappa shape index (κ2) is 10.2. The molecule has 1 saturated heterocycles. The number of aromatic nitrogens is 2. The van der Waals surface area contributed by atoms with Gasteiger partial charge in [-0.25, -0.2) is 0 Å². The lowest BCUT2D eigenvalue weighted by atomic mass is 10.0. The topological polar surface area (TPSA) is 81.3 Å². The minimum Gasteiger partial charge on any atom is -0.353 e. The number of likely N-dealkylation sites (N-methyl/N-ethyl adjacent to an activating group) is 1. The third-order valence-corrected chi connectivity index (χ3v) is 5.97. The number of hydrogen-bond donors (Lipinski definition) is 2. The van der Waals surface area contributed by atoms with Crippen molar-refractivity contribution in [3.8, 4) is 11.1 Å². The zero-order valence-corrected chi connectivity index (χ0v) is 18.3. The molecule has 2 heterocycles. The van der Waals surface area contributed by atoms with Crippen LogP contribution in [0.5, 0.6) is 0 Å². The Hall–Kier alpha value is -3.45. The van der Waals surface area contributed by atoms with E-state index >= 15 is 0 Å². The van der Waals surface area contributed by atoms with Crippen molar-refractivity contribution in [2.24, 2.45) is 0 Å². The summed E-state index contributed by atoms with van der Waals surface area (Å²) in [5.41, 5.74) is 4.53. The maximum Gasteiger partial charge on any atom is 0.237 e. The fourth-order valence-corrected chi connectivity index (χ4v) is 4.00. The van der Waals surface area contributed by atoms with Crippen molar-refractivity contribution in [2.45, 2.75) is 25.4 Å². The summed E-state index contributed by atoms with van der Waals surface area (Å²) in [7, 11) is 1.79. The van der Waals surface area contributed by atoms with E-state index in [9.17, 15) is 9.59 Å². The standard InChI is InChI=1S/C25H29N5O2/c1-29(13-11-20-16-27-28-17-20)24(31)15-23-25(32)26-12-14-30(23)18-19-7-9-22(10-8-19)21-5-3-2-4-6-21/h2-10,16-17,23H,11-15,18H2,1H3,(H,26,32)(H,27,28). The van der Waals surface area contributed by atoms with E-state index in [2.05, 4.69) is 56.8 Å². The number of nitrogens with zero attached hydrogens (tertiary/aromatic N) is 3. The summed E-state index contributed by atoms with van der Waals surface area (Å²) >= 11 is 0. The van der Waals surface area contributed by atoms with Gasteiger partial charge in [-0.2, -0.15) is 5.10 Å². The highest BCUT2D eigenvalue weighted by Gasteiger charge is 2.32. The average molecular weight is 432 g/mol. The lowest BCUT2D eigenvalue weighted by molar-refractivity contribution is -0.138. The van der Waals surface area contributed by atoms with Gasteiger partial charge in [0.1, 0.15) is 0 Å². The van der Waals surface area contributed by atoms with E-state index in [0.717, 1.165) is 29.7 Å². The van der Waals surface area contributed by atoms with Gasteiger partial charge in [0.2, 0.25) is 11.8 Å². The lowest BCUT2D eigenvalue weighted by Crippen LogP contribution is -2.56. The molecule has 2 N–H and O–H groups in total. The van der Waals surface area contributed by atoms with E-state index in [0.29, 0.717) is 19.6 Å². The minimum atomic E-state index is -0.457. The maximum atomic E-state index is 12.8. The first-order valence-electron chi connectivity index (χ1n) is 11.0. The summed E-state index contributed by atoms with van der Waals surface area (Å²) in [6.45, 7) is 2.55. The number of H-pyrrole nitrogens is 1. The quantitative estimate of drug-likeness (QED) is 0.574. The van der Waals surface area contributed by atoms with E-state index in [1.165, 1.54) is 5.56 Å². The zero-order valence-electron chi connectivity index (χ0n) is 18.3. The largest absolute Gasteiger partial charge is 0.353 e. The second-order valence-corrected chi connectivity index (χ2v) is 8.22. The first-order chi connectivity index (χ1) is 15.6. The number of benzene rings is 2. The Morgan fingerprint density at radius 1 is 1.09 bits per heavy atom. The van der Waals surface area contributed by atoms with E-state index in [1.54, 1.807) is 18.1 Å². The number of nitrogens with one attached hydrogen (secondary N) is 2. The molecule has 1 aliphatic rings. The van der Waals surface area contributed by atoms with Crippen LogP contribution < -0.4 is 5.32 Å². The lowest BCUT2D eigenvalue weighted by Gasteiger charge is -2.35. The summed E-state index contributed by atoms with van der Waals surface area (Å²) in [5, 5.41) is 9.63. The van der Waals surface area contributed by atoms with Crippen molar-refractivity contribution in [3.63, 3.8) is 0 Å². The molecule has 0 saturated carbocycles. The summed E-state index contributed by atoms with van der Waals surface area (Å²) in [6, 6.07) is 18.2. The average Bonchev–Trinajstić information content (AvgIpc) is 3.34. The highest BCUT2D eigenvalue weighted by atomic mass is 16.2. The number of carbonyl (C=O) groups excluding carboxylic acids is 2. The summed E-state index contributed by atoms with van der Waals surface area (Å²) < 4.78 is 0. The molecule has 0 aliphatic carbocycles. The first-order valence-corrected chi connectivity index (χ1v) is 11.0. The molecule has 1 aromatic heterocycles. The predicted molar refractivity (Wildman–Crippen MR) is 124 cm³/mol. The Morgan fingerprint density at radius 2 is 1.84 bits per heavy atom. The third kappa shape index (κ3) is 5.42. The van der Waals surface area contributed by atoms with Crippen LogP contribution in [0.1, 0.15) is 17.5 Å². The van der Waals surface area contributed by atoms with Crippen LogP contribution in [0, 0.1) is 0 Å². The Labute approximate surface area is 188 Å². The van der Waals surface area contributed by atoms with Crippen molar-refractivity contribution in [1.82, 2.24) is 25.3 Å². The van der Waals surface area contributed by atoms with Gasteiger partial charge in [0.25, 0.3) is 0 Å². The molecule has 1 fully saturated rings. The second-order valence-electron chi connectivity index (χ2n) is 8.22. The fraction of sp³-hybridized carbons (Fsp3) is 0.320. The molecule has 2 amide bonds. The van der Waals surface area contributed by atoms with Crippen LogP contribution in [0.25, 0.3) is 11.1 Å². The van der Waals surface area contributed by atoms with Crippen molar-refractivity contribution in [1.29, 1.82) is 0 Å². The smallest absolute Gasteiger partial charge is 0.237 e. The van der Waals surface area contributed by atoms with Crippen LogP contribution in [0.4, 0.5) is 0 Å². The highest BCUT2D eigenvalue weighted by molar-refractivity contribution is 5.88. The number of aromatic amines is 1. The van der Waals surface area contributed by atoms with E-state index in [1.807, 2.05) is 24.4 Å². The molecule has 166 valence electrons. The molecule has 0 bridgehead atoms. The Bertz CT molecular complexity index is 1020. The molecule has 7 heteroatoms. The number of hydrogen-bond acceptors (Lipinski definition) is 4. The molecule has 1 atom stereocenters. The maximum absolute atomic E-state index is 12.8. The molecule has 32 heavy (non-hydrogen) atoms. The fourth-order valence-electron chi connectivity index (χ4n) is 4.00. The minimum absolute atomic E-state index is 0.0278. The zero-order chi connectivity index (χ0) is 22.3. The SMILES string of the molecule is CN(CCc1cn[nH]c1)C(=O)CC1C(=O)NCCN1Cc1ccc(-c2ccccc2)cc1. The van der Waals surface area contributed by atoms with Gasteiger partial charge in [-0.3, -0.25) is 19.6 Å². The van der Waals surface area contributed by atoms with Gasteiger partial charge < -0.3 is 10.2 Å². The Balaban J connectivity index is 1.37. The van der Waals surface area contributed by atoms with Crippen molar-refractivity contribution >= 4 is 11.8 Å². The van der Waals surface area contributed by atoms with Gasteiger partial charge in [-0.15, -0.1) is 0 Å². The number of amides is 2. The number of rotatable bonds is 8. The van der Waals surface area contributed by atoms with E-state index < -0.39 is 6.04 Å². The predicted octanol–water partition coefficient (Wildman–Crippen LogP) is 2.47. The molecule has 7 nitrogen and oxygen atoms in total. The number of piperazine rings is 1. The van der Waals surface area contributed by atoms with Crippen LogP contribution in [0.15, 0.2) is 67.0 Å². The van der Waals surface area contributed by atoms with Gasteiger partial charge in [0.15, 0.2) is 0 Å². The summed E-state index contributed by atoms with van der Waals surface area (Å²) in [5.74, 6) is -0.103. The molecule has 3 aromatic rings. The van der Waals surface area contributed by atoms with Crippen molar-refractivity contribution in [2.75, 3.05) is 26.7 Å². The van der Waals surface area contributed by atoms with Crippen LogP contribution >= 0.6 is 0 Å². The van der Waals surface area contributed by atoms with Gasteiger partial charge in [-0.05, 0) is 28.7 Å². The van der Waals surface area contributed by atoms with Gasteiger partial charge >= 0.3 is 0 Å².